The van der Waals surface area contributed by atoms with Gasteiger partial charge in [-0.05, 0) is 26.2 Å². The Hall–Kier alpha value is -1.03. The molecule has 0 amide bonds. The summed E-state index contributed by atoms with van der Waals surface area (Å²) in [4.78, 5) is 12.0. The van der Waals surface area contributed by atoms with Gasteiger partial charge in [-0.15, -0.1) is 0 Å². The van der Waals surface area contributed by atoms with Crippen LogP contribution in [-0.4, -0.2) is 16.3 Å². The van der Waals surface area contributed by atoms with E-state index in [-0.39, 0.29) is 16.6 Å². The molecule has 0 saturated carbocycles. The Morgan fingerprint density at radius 1 is 1.19 bits per heavy atom. The van der Waals surface area contributed by atoms with Crippen LogP contribution < -0.4 is 10.9 Å². The van der Waals surface area contributed by atoms with Crippen LogP contribution in [0.1, 0.15) is 65.8 Å². The van der Waals surface area contributed by atoms with Crippen molar-refractivity contribution in [3.05, 3.63) is 21.6 Å². The summed E-state index contributed by atoms with van der Waals surface area (Å²) in [6.07, 6.45) is 7.79. The molecule has 0 radical (unpaired) electrons. The molecule has 0 atom stereocenters. The number of nitrogens with zero attached hydrogens (tertiary/aromatic N) is 2. The molecule has 1 aromatic rings. The van der Waals surface area contributed by atoms with Gasteiger partial charge in [-0.25, -0.2) is 4.68 Å². The van der Waals surface area contributed by atoms with Crippen LogP contribution in [0.2, 0.25) is 5.02 Å². The lowest BCUT2D eigenvalue weighted by Gasteiger charge is -2.12. The van der Waals surface area contributed by atoms with Crippen molar-refractivity contribution < 1.29 is 0 Å². The standard InChI is InChI=1S/C16H28ClN3O/c1-12(2)9-7-5-6-8-10-18-14-11-19-20(13(3)4)16(21)15(14)17/h11-13,18H,5-10H2,1-4H3. The smallest absolute Gasteiger partial charge is 0.287 e. The molecule has 0 spiro atoms. The van der Waals surface area contributed by atoms with Gasteiger partial charge < -0.3 is 5.32 Å². The molecule has 0 saturated heterocycles. The van der Waals surface area contributed by atoms with Crippen molar-refractivity contribution in [3.8, 4) is 0 Å². The molecule has 1 heterocycles. The summed E-state index contributed by atoms with van der Waals surface area (Å²) in [6, 6.07) is 0.0185. The highest BCUT2D eigenvalue weighted by atomic mass is 35.5. The highest BCUT2D eigenvalue weighted by molar-refractivity contribution is 6.32. The highest BCUT2D eigenvalue weighted by Crippen LogP contribution is 2.17. The Labute approximate surface area is 132 Å². The van der Waals surface area contributed by atoms with E-state index in [1.807, 2.05) is 13.8 Å². The van der Waals surface area contributed by atoms with E-state index in [0.717, 1.165) is 18.9 Å². The SMILES string of the molecule is CC(C)CCCCCCNc1cnn(C(C)C)c(=O)c1Cl. The number of unbranched alkanes of at least 4 members (excludes halogenated alkanes) is 3. The molecule has 0 aliphatic heterocycles. The first-order valence-corrected chi connectivity index (χ1v) is 8.32. The van der Waals surface area contributed by atoms with Gasteiger partial charge in [-0.3, -0.25) is 4.79 Å². The number of halogens is 1. The lowest BCUT2D eigenvalue weighted by molar-refractivity contribution is 0.503. The van der Waals surface area contributed by atoms with Gasteiger partial charge in [0.15, 0.2) is 0 Å². The Morgan fingerprint density at radius 2 is 1.86 bits per heavy atom. The van der Waals surface area contributed by atoms with E-state index in [2.05, 4.69) is 24.3 Å². The zero-order valence-corrected chi connectivity index (χ0v) is 14.4. The van der Waals surface area contributed by atoms with Gasteiger partial charge in [0.1, 0.15) is 5.02 Å². The fraction of sp³-hybridized carbons (Fsp3) is 0.750. The van der Waals surface area contributed by atoms with Crippen molar-refractivity contribution in [2.75, 3.05) is 11.9 Å². The predicted octanol–water partition coefficient (Wildman–Crippen LogP) is 4.50. The summed E-state index contributed by atoms with van der Waals surface area (Å²) in [6.45, 7) is 9.17. The highest BCUT2D eigenvalue weighted by Gasteiger charge is 2.10. The third-order valence-electron chi connectivity index (χ3n) is 3.46. The second-order valence-corrected chi connectivity index (χ2v) is 6.62. The number of rotatable bonds is 9. The van der Waals surface area contributed by atoms with E-state index in [1.165, 1.54) is 30.4 Å². The first-order chi connectivity index (χ1) is 9.93. The van der Waals surface area contributed by atoms with E-state index in [1.54, 1.807) is 6.20 Å². The Balaban J connectivity index is 2.36. The summed E-state index contributed by atoms with van der Waals surface area (Å²) in [7, 11) is 0. The van der Waals surface area contributed by atoms with E-state index in [0.29, 0.717) is 5.69 Å². The average Bonchev–Trinajstić information content (AvgIpc) is 2.41. The van der Waals surface area contributed by atoms with Gasteiger partial charge in [-0.2, -0.15) is 5.10 Å². The van der Waals surface area contributed by atoms with E-state index in [4.69, 9.17) is 11.6 Å². The average molecular weight is 314 g/mol. The maximum Gasteiger partial charge on any atom is 0.287 e. The minimum atomic E-state index is -0.228. The Bertz CT molecular complexity index is 483. The molecular formula is C16H28ClN3O. The first-order valence-electron chi connectivity index (χ1n) is 7.94. The normalized spacial score (nSPS) is 11.4. The summed E-state index contributed by atoms with van der Waals surface area (Å²) in [5, 5.41) is 7.59. The zero-order valence-electron chi connectivity index (χ0n) is 13.7. The number of hydrogen-bond acceptors (Lipinski definition) is 3. The summed E-state index contributed by atoms with van der Waals surface area (Å²) in [5.74, 6) is 0.792. The van der Waals surface area contributed by atoms with E-state index < -0.39 is 0 Å². The van der Waals surface area contributed by atoms with Gasteiger partial charge in [0, 0.05) is 6.54 Å². The monoisotopic (exact) mass is 313 g/mol. The van der Waals surface area contributed by atoms with Crippen LogP contribution in [0.3, 0.4) is 0 Å². The number of aromatic nitrogens is 2. The largest absolute Gasteiger partial charge is 0.382 e. The van der Waals surface area contributed by atoms with Crippen molar-refractivity contribution in [2.45, 2.75) is 65.8 Å². The summed E-state index contributed by atoms with van der Waals surface area (Å²) >= 11 is 6.10. The molecule has 0 fully saturated rings. The molecular weight excluding hydrogens is 286 g/mol. The minimum absolute atomic E-state index is 0.0185. The van der Waals surface area contributed by atoms with Gasteiger partial charge >= 0.3 is 0 Å². The van der Waals surface area contributed by atoms with Crippen LogP contribution in [0.25, 0.3) is 0 Å². The van der Waals surface area contributed by atoms with Crippen LogP contribution in [0.5, 0.6) is 0 Å². The van der Waals surface area contributed by atoms with Gasteiger partial charge in [0.05, 0.1) is 17.9 Å². The van der Waals surface area contributed by atoms with E-state index in [9.17, 15) is 4.79 Å². The topological polar surface area (TPSA) is 46.9 Å². The maximum atomic E-state index is 12.0. The third kappa shape index (κ3) is 6.08. The predicted molar refractivity (Wildman–Crippen MR) is 90.3 cm³/mol. The molecule has 120 valence electrons. The molecule has 21 heavy (non-hydrogen) atoms. The fourth-order valence-electron chi connectivity index (χ4n) is 2.19. The van der Waals surface area contributed by atoms with Gasteiger partial charge in [-0.1, -0.05) is 51.1 Å². The van der Waals surface area contributed by atoms with Gasteiger partial charge in [0.25, 0.3) is 5.56 Å². The molecule has 0 aliphatic rings. The molecule has 0 bridgehead atoms. The first kappa shape index (κ1) is 18.0. The second-order valence-electron chi connectivity index (χ2n) is 6.24. The van der Waals surface area contributed by atoms with E-state index >= 15 is 0 Å². The molecule has 5 heteroatoms. The molecule has 4 nitrogen and oxygen atoms in total. The number of anilines is 1. The van der Waals surface area contributed by atoms with Crippen molar-refractivity contribution in [1.29, 1.82) is 0 Å². The lowest BCUT2D eigenvalue weighted by atomic mass is 10.0. The zero-order chi connectivity index (χ0) is 15.8. The summed E-state index contributed by atoms with van der Waals surface area (Å²) in [5.41, 5.74) is 0.411. The van der Waals surface area contributed by atoms with Crippen LogP contribution in [-0.2, 0) is 0 Å². The molecule has 0 aromatic carbocycles. The van der Waals surface area contributed by atoms with Crippen molar-refractivity contribution in [1.82, 2.24) is 9.78 Å². The van der Waals surface area contributed by atoms with Gasteiger partial charge in [0.2, 0.25) is 0 Å². The van der Waals surface area contributed by atoms with Crippen LogP contribution >= 0.6 is 11.6 Å². The fourth-order valence-corrected chi connectivity index (χ4v) is 2.39. The molecule has 1 N–H and O–H groups in total. The van der Waals surface area contributed by atoms with Crippen LogP contribution in [0.4, 0.5) is 5.69 Å². The number of nitrogens with one attached hydrogen (secondary N) is 1. The lowest BCUT2D eigenvalue weighted by Crippen LogP contribution is -2.25. The minimum Gasteiger partial charge on any atom is -0.382 e. The Morgan fingerprint density at radius 3 is 2.48 bits per heavy atom. The van der Waals surface area contributed by atoms with Crippen molar-refractivity contribution in [3.63, 3.8) is 0 Å². The van der Waals surface area contributed by atoms with Crippen LogP contribution in [0, 0.1) is 5.92 Å². The Kier molecular flexibility index (Phi) is 7.79. The number of hydrogen-bond donors (Lipinski definition) is 1. The second kappa shape index (κ2) is 9.08. The van der Waals surface area contributed by atoms with Crippen molar-refractivity contribution in [2.24, 2.45) is 5.92 Å². The molecule has 1 aromatic heterocycles. The summed E-state index contributed by atoms with van der Waals surface area (Å²) < 4.78 is 1.40. The van der Waals surface area contributed by atoms with Crippen molar-refractivity contribution >= 4 is 17.3 Å². The molecule has 0 unspecified atom stereocenters. The third-order valence-corrected chi connectivity index (χ3v) is 3.82. The van der Waals surface area contributed by atoms with Crippen LogP contribution in [0.15, 0.2) is 11.0 Å². The maximum absolute atomic E-state index is 12.0. The quantitative estimate of drug-likeness (QED) is 0.683. The molecule has 1 rings (SSSR count). The molecule has 0 aliphatic carbocycles.